The van der Waals surface area contributed by atoms with Crippen molar-refractivity contribution < 1.29 is 22.8 Å². The molecule has 1 fully saturated rings. The fourth-order valence-corrected chi connectivity index (χ4v) is 4.30. The normalized spacial score (nSPS) is 18.5. The highest BCUT2D eigenvalue weighted by molar-refractivity contribution is 5.96. The van der Waals surface area contributed by atoms with Crippen LogP contribution >= 0.6 is 0 Å². The number of amides is 2. The number of pyridine rings is 2. The Labute approximate surface area is 194 Å². The fraction of sp³-hybridized carbons (Fsp3) is 0.391. The van der Waals surface area contributed by atoms with Gasteiger partial charge in [0, 0.05) is 44.0 Å². The number of rotatable bonds is 5. The molecule has 0 bridgehead atoms. The average molecular weight is 474 g/mol. The van der Waals surface area contributed by atoms with Crippen LogP contribution in [-0.4, -0.2) is 45.3 Å². The average Bonchev–Trinajstić information content (AvgIpc) is 3.24. The Bertz CT molecular complexity index is 1200. The Morgan fingerprint density at radius 1 is 1.15 bits per heavy atom. The van der Waals surface area contributed by atoms with E-state index >= 15 is 0 Å². The third-order valence-electron chi connectivity index (χ3n) is 6.03. The van der Waals surface area contributed by atoms with E-state index in [4.69, 9.17) is 0 Å². The Morgan fingerprint density at radius 3 is 2.56 bits per heavy atom. The van der Waals surface area contributed by atoms with Crippen LogP contribution in [-0.2, 0) is 11.0 Å². The van der Waals surface area contributed by atoms with Crippen LogP contribution in [0.1, 0.15) is 48.7 Å². The van der Waals surface area contributed by atoms with Gasteiger partial charge in [-0.15, -0.1) is 0 Å². The molecule has 0 radical (unpaired) electrons. The summed E-state index contributed by atoms with van der Waals surface area (Å²) in [5, 5.41) is 5.58. The zero-order valence-corrected chi connectivity index (χ0v) is 18.8. The molecule has 1 aliphatic rings. The van der Waals surface area contributed by atoms with Crippen LogP contribution in [0.2, 0.25) is 0 Å². The second-order valence-corrected chi connectivity index (χ2v) is 8.44. The zero-order chi connectivity index (χ0) is 24.5. The molecule has 0 unspecified atom stereocenters. The molecule has 3 aromatic rings. The molecule has 0 atom stereocenters. The number of nitrogens with one attached hydrogen (secondary N) is 2. The number of fused-ring (bicyclic) bond motifs is 1. The molecule has 11 heteroatoms. The van der Waals surface area contributed by atoms with E-state index in [1.54, 1.807) is 24.3 Å². The minimum absolute atomic E-state index is 0.0181. The number of anilines is 2. The fourth-order valence-electron chi connectivity index (χ4n) is 4.30. The molecule has 8 nitrogen and oxygen atoms in total. The van der Waals surface area contributed by atoms with E-state index in [0.717, 1.165) is 31.9 Å². The van der Waals surface area contributed by atoms with Crippen LogP contribution in [0.25, 0.3) is 5.65 Å². The van der Waals surface area contributed by atoms with Crippen molar-refractivity contribution >= 4 is 29.1 Å². The second kappa shape index (κ2) is 9.32. The van der Waals surface area contributed by atoms with E-state index in [1.165, 1.54) is 23.6 Å². The Morgan fingerprint density at radius 2 is 1.88 bits per heavy atom. The standard InChI is InChI=1S/C23H25F3N6O2/c1-14(33)28-19-12-15(10-11-27-19)22(34)29-16-6-8-17(9-7-16)31(2)21-5-3-4-20-30-18(13-32(20)21)23(24,25)26/h3-5,10-13,16-17H,6-9H2,1-2H3,(H,29,34)(H,27,28,33). The van der Waals surface area contributed by atoms with Crippen LogP contribution in [0.3, 0.4) is 0 Å². The van der Waals surface area contributed by atoms with Crippen LogP contribution in [0, 0.1) is 0 Å². The lowest BCUT2D eigenvalue weighted by Crippen LogP contribution is -2.43. The smallest absolute Gasteiger partial charge is 0.358 e. The lowest BCUT2D eigenvalue weighted by Gasteiger charge is -2.36. The maximum atomic E-state index is 13.1. The number of nitrogens with zero attached hydrogens (tertiary/aromatic N) is 4. The predicted molar refractivity (Wildman–Crippen MR) is 121 cm³/mol. The second-order valence-electron chi connectivity index (χ2n) is 8.44. The van der Waals surface area contributed by atoms with E-state index in [1.807, 2.05) is 11.9 Å². The molecule has 3 aromatic heterocycles. The van der Waals surface area contributed by atoms with Crippen molar-refractivity contribution in [1.82, 2.24) is 19.7 Å². The van der Waals surface area contributed by atoms with E-state index in [9.17, 15) is 22.8 Å². The van der Waals surface area contributed by atoms with Crippen molar-refractivity contribution in [2.45, 2.75) is 50.9 Å². The van der Waals surface area contributed by atoms with Crippen molar-refractivity contribution in [2.24, 2.45) is 0 Å². The van der Waals surface area contributed by atoms with Crippen LogP contribution < -0.4 is 15.5 Å². The van der Waals surface area contributed by atoms with Gasteiger partial charge in [0.1, 0.15) is 17.3 Å². The first kappa shape index (κ1) is 23.5. The number of aromatic nitrogens is 3. The van der Waals surface area contributed by atoms with Crippen molar-refractivity contribution in [3.05, 3.63) is 54.0 Å². The lowest BCUT2D eigenvalue weighted by molar-refractivity contribution is -0.140. The molecule has 0 saturated heterocycles. The van der Waals surface area contributed by atoms with Crippen molar-refractivity contribution in [1.29, 1.82) is 0 Å². The molecule has 34 heavy (non-hydrogen) atoms. The van der Waals surface area contributed by atoms with Gasteiger partial charge in [-0.3, -0.25) is 14.0 Å². The molecule has 180 valence electrons. The molecule has 2 N–H and O–H groups in total. The number of hydrogen-bond acceptors (Lipinski definition) is 5. The van der Waals surface area contributed by atoms with E-state index < -0.39 is 11.9 Å². The summed E-state index contributed by atoms with van der Waals surface area (Å²) >= 11 is 0. The van der Waals surface area contributed by atoms with Gasteiger partial charge >= 0.3 is 6.18 Å². The highest BCUT2D eigenvalue weighted by Crippen LogP contribution is 2.31. The SMILES string of the molecule is CC(=O)Nc1cc(C(=O)NC2CCC(N(C)c3cccc4nc(C(F)(F)F)cn34)CC2)ccn1. The molecule has 2 amide bonds. The minimum atomic E-state index is -4.50. The third-order valence-corrected chi connectivity index (χ3v) is 6.03. The maximum absolute atomic E-state index is 13.1. The van der Waals surface area contributed by atoms with Gasteiger partial charge in [-0.25, -0.2) is 9.97 Å². The maximum Gasteiger partial charge on any atom is 0.434 e. The molecule has 3 heterocycles. The van der Waals surface area contributed by atoms with Gasteiger partial charge in [-0.2, -0.15) is 13.2 Å². The zero-order valence-electron chi connectivity index (χ0n) is 18.8. The minimum Gasteiger partial charge on any atom is -0.358 e. The molecular formula is C23H25F3N6O2. The number of carbonyl (C=O) groups is 2. The summed E-state index contributed by atoms with van der Waals surface area (Å²) in [5.74, 6) is 0.435. The molecule has 1 aliphatic carbocycles. The lowest BCUT2D eigenvalue weighted by atomic mass is 9.90. The van der Waals surface area contributed by atoms with Gasteiger partial charge in [0.25, 0.3) is 5.91 Å². The molecule has 1 saturated carbocycles. The number of imidazole rings is 1. The van der Waals surface area contributed by atoms with E-state index in [-0.39, 0.29) is 29.5 Å². The van der Waals surface area contributed by atoms with Gasteiger partial charge in [-0.1, -0.05) is 6.07 Å². The highest BCUT2D eigenvalue weighted by atomic mass is 19.4. The Kier molecular flexibility index (Phi) is 6.45. The third kappa shape index (κ3) is 5.13. The molecule has 0 aromatic carbocycles. The van der Waals surface area contributed by atoms with Gasteiger partial charge in [0.15, 0.2) is 5.69 Å². The summed E-state index contributed by atoms with van der Waals surface area (Å²) in [4.78, 5) is 33.6. The van der Waals surface area contributed by atoms with Crippen LogP contribution in [0.5, 0.6) is 0 Å². The topological polar surface area (TPSA) is 91.6 Å². The quantitative estimate of drug-likeness (QED) is 0.586. The number of hydrogen-bond donors (Lipinski definition) is 2. The summed E-state index contributed by atoms with van der Waals surface area (Å²) in [7, 11) is 1.87. The monoisotopic (exact) mass is 474 g/mol. The van der Waals surface area contributed by atoms with Gasteiger partial charge in [-0.05, 0) is 49.9 Å². The van der Waals surface area contributed by atoms with Crippen molar-refractivity contribution in [3.63, 3.8) is 0 Å². The summed E-state index contributed by atoms with van der Waals surface area (Å²) in [5.41, 5.74) is -0.267. The first-order valence-corrected chi connectivity index (χ1v) is 10.9. The van der Waals surface area contributed by atoms with Gasteiger partial charge in [0.05, 0.1) is 0 Å². The molecule has 0 spiro atoms. The number of carbonyl (C=O) groups excluding carboxylic acids is 2. The van der Waals surface area contributed by atoms with Crippen molar-refractivity contribution in [3.8, 4) is 0 Å². The Balaban J connectivity index is 1.39. The van der Waals surface area contributed by atoms with Gasteiger partial charge in [0.2, 0.25) is 5.91 Å². The molecule has 4 rings (SSSR count). The highest BCUT2D eigenvalue weighted by Gasteiger charge is 2.34. The largest absolute Gasteiger partial charge is 0.434 e. The van der Waals surface area contributed by atoms with Gasteiger partial charge < -0.3 is 15.5 Å². The molecular weight excluding hydrogens is 449 g/mol. The molecule has 0 aliphatic heterocycles. The summed E-state index contributed by atoms with van der Waals surface area (Å²) < 4.78 is 40.8. The summed E-state index contributed by atoms with van der Waals surface area (Å²) in [6.07, 6.45) is 0.994. The Hall–Kier alpha value is -3.63. The van der Waals surface area contributed by atoms with Crippen LogP contribution in [0.15, 0.2) is 42.7 Å². The van der Waals surface area contributed by atoms with Crippen LogP contribution in [0.4, 0.5) is 24.8 Å². The number of alkyl halides is 3. The predicted octanol–water partition coefficient (Wildman–Crippen LogP) is 3.88. The van der Waals surface area contributed by atoms with E-state index in [0.29, 0.717) is 17.2 Å². The summed E-state index contributed by atoms with van der Waals surface area (Å²) in [6.45, 7) is 1.37. The first-order chi connectivity index (χ1) is 16.1. The van der Waals surface area contributed by atoms with Crippen molar-refractivity contribution in [2.75, 3.05) is 17.3 Å². The van der Waals surface area contributed by atoms with E-state index in [2.05, 4.69) is 20.6 Å². The summed E-state index contributed by atoms with van der Waals surface area (Å²) in [6, 6.07) is 8.23. The first-order valence-electron chi connectivity index (χ1n) is 10.9. The number of halogens is 3.